The van der Waals surface area contributed by atoms with E-state index in [-0.39, 0.29) is 6.61 Å². The smallest absolute Gasteiger partial charge is 0.442 e. The van der Waals surface area contributed by atoms with Crippen LogP contribution in [0.4, 0.5) is 4.79 Å². The summed E-state index contributed by atoms with van der Waals surface area (Å²) in [5.41, 5.74) is 7.74. The topological polar surface area (TPSA) is 57.0 Å². The van der Waals surface area contributed by atoms with Gasteiger partial charge in [0, 0.05) is 53.9 Å². The second-order valence-corrected chi connectivity index (χ2v) is 15.3. The zero-order chi connectivity index (χ0) is 33.4. The van der Waals surface area contributed by atoms with E-state index < -0.39 is 6.09 Å². The van der Waals surface area contributed by atoms with E-state index in [0.717, 1.165) is 93.1 Å². The summed E-state index contributed by atoms with van der Waals surface area (Å²) in [5, 5.41) is 11.1. The van der Waals surface area contributed by atoms with Crippen molar-refractivity contribution in [1.82, 2.24) is 15.0 Å². The van der Waals surface area contributed by atoms with Gasteiger partial charge in [0.05, 0.1) is 28.9 Å². The molecular formula is C38H19N3O2S6. The quantitative estimate of drug-likeness (QED) is 0.131. The van der Waals surface area contributed by atoms with Gasteiger partial charge in [0.25, 0.3) is 0 Å². The molecule has 0 spiro atoms. The number of benzene rings is 4. The van der Waals surface area contributed by atoms with Gasteiger partial charge in [-0.15, -0.1) is 32.9 Å². The Balaban J connectivity index is 1.19. The van der Waals surface area contributed by atoms with Crippen molar-refractivity contribution in [3.05, 3.63) is 140 Å². The number of thiocarbonyl (C=S) groups is 4. The second-order valence-electron chi connectivity index (χ2n) is 11.5. The fourth-order valence-corrected chi connectivity index (χ4v) is 10.1. The molecule has 234 valence electrons. The van der Waals surface area contributed by atoms with E-state index in [0.29, 0.717) is 11.0 Å². The summed E-state index contributed by atoms with van der Waals surface area (Å²) >= 11 is 26.7. The number of thiophene rings is 2. The number of ether oxygens (including phenoxy) is 1. The van der Waals surface area contributed by atoms with Crippen molar-refractivity contribution in [2.75, 3.05) is 0 Å². The summed E-state index contributed by atoms with van der Waals surface area (Å²) in [4.78, 5) is 19.2. The first-order valence-corrected chi connectivity index (χ1v) is 18.4. The normalized spacial score (nSPS) is 14.0. The predicted molar refractivity (Wildman–Crippen MR) is 216 cm³/mol. The molecule has 0 saturated carbocycles. The largest absolute Gasteiger partial charge is 0.452 e. The Morgan fingerprint density at radius 3 is 1.47 bits per heavy atom. The number of hydrogen-bond acceptors (Lipinski definition) is 10. The maximum atomic E-state index is 13.2. The third kappa shape index (κ3) is 5.00. The first-order chi connectivity index (χ1) is 23.9. The lowest BCUT2D eigenvalue weighted by Gasteiger charge is -2.02. The Bertz CT molecular complexity index is 2480. The standard InChI is InChI=1S/C38H19N3O2S6/c42-38(43-18-19-8-2-1-3-9-19)41-39-30-26-14-20(16-28-32(44)22-10-4-5-11-23(22)33(28)45)48-36(26)37-27(31(30)40-41)15-21(49-37)17-29-34(46)24-12-6-7-13-25(24)35(29)47/h1-17H,18H2. The van der Waals surface area contributed by atoms with Gasteiger partial charge in [-0.05, 0) is 29.8 Å². The van der Waals surface area contributed by atoms with Crippen LogP contribution in [0.3, 0.4) is 0 Å². The third-order valence-electron chi connectivity index (χ3n) is 8.59. The zero-order valence-electron chi connectivity index (χ0n) is 25.1. The molecule has 9 rings (SSSR count). The second kappa shape index (κ2) is 11.8. The molecule has 4 aromatic carbocycles. The average molecular weight is 742 g/mol. The van der Waals surface area contributed by atoms with E-state index in [4.69, 9.17) is 53.6 Å². The molecule has 3 heterocycles. The number of hydrogen-bond donors (Lipinski definition) is 0. The third-order valence-corrected chi connectivity index (χ3v) is 12.7. The molecule has 0 atom stereocenters. The van der Waals surface area contributed by atoms with Crippen molar-refractivity contribution in [2.45, 2.75) is 6.61 Å². The molecule has 11 heteroatoms. The lowest BCUT2D eigenvalue weighted by molar-refractivity contribution is 0.134. The van der Waals surface area contributed by atoms with Crippen LogP contribution < -0.4 is 0 Å². The summed E-state index contributed by atoms with van der Waals surface area (Å²) in [7, 11) is 0. The highest BCUT2D eigenvalue weighted by atomic mass is 32.1. The Morgan fingerprint density at radius 1 is 0.633 bits per heavy atom. The maximum absolute atomic E-state index is 13.2. The van der Waals surface area contributed by atoms with Gasteiger partial charge in [-0.2, -0.15) is 0 Å². The van der Waals surface area contributed by atoms with Crippen molar-refractivity contribution in [1.29, 1.82) is 0 Å². The number of carbonyl (C=O) groups is 1. The molecule has 0 N–H and O–H groups in total. The van der Waals surface area contributed by atoms with Crippen molar-refractivity contribution in [3.63, 3.8) is 0 Å². The van der Waals surface area contributed by atoms with Gasteiger partial charge in [-0.1, -0.05) is 133 Å². The summed E-state index contributed by atoms with van der Waals surface area (Å²) < 4.78 is 7.65. The number of aromatic nitrogens is 3. The number of carbonyl (C=O) groups excluding carboxylic acids is 1. The molecule has 0 fully saturated rings. The van der Waals surface area contributed by atoms with Crippen molar-refractivity contribution in [3.8, 4) is 0 Å². The zero-order valence-corrected chi connectivity index (χ0v) is 30.0. The molecule has 5 nitrogen and oxygen atoms in total. The monoisotopic (exact) mass is 741 g/mol. The minimum atomic E-state index is -0.657. The van der Waals surface area contributed by atoms with Crippen LogP contribution in [-0.2, 0) is 11.3 Å². The molecule has 2 aliphatic rings. The summed E-state index contributed by atoms with van der Waals surface area (Å²) in [6.45, 7) is 0.110. The first kappa shape index (κ1) is 30.6. The Labute approximate surface area is 309 Å². The van der Waals surface area contributed by atoms with Crippen LogP contribution in [0.15, 0.2) is 102 Å². The fraction of sp³-hybridized carbons (Fsp3) is 0.0263. The highest BCUT2D eigenvalue weighted by molar-refractivity contribution is 7.84. The van der Waals surface area contributed by atoms with Gasteiger partial charge in [-0.3, -0.25) is 0 Å². The van der Waals surface area contributed by atoms with Gasteiger partial charge in [0.2, 0.25) is 0 Å². The van der Waals surface area contributed by atoms with Crippen LogP contribution in [0.2, 0.25) is 0 Å². The molecule has 0 amide bonds. The Kier molecular flexibility index (Phi) is 7.38. The van der Waals surface area contributed by atoms with Crippen LogP contribution in [-0.4, -0.2) is 40.5 Å². The first-order valence-electron chi connectivity index (χ1n) is 15.1. The van der Waals surface area contributed by atoms with E-state index in [9.17, 15) is 4.79 Å². The summed E-state index contributed by atoms with van der Waals surface area (Å²) in [5.74, 6) is 0. The van der Waals surface area contributed by atoms with Gasteiger partial charge >= 0.3 is 6.09 Å². The maximum Gasteiger partial charge on any atom is 0.452 e. The summed E-state index contributed by atoms with van der Waals surface area (Å²) in [6.07, 6.45) is 3.47. The molecular weight excluding hydrogens is 723 g/mol. The van der Waals surface area contributed by atoms with E-state index in [1.165, 1.54) is 0 Å². The van der Waals surface area contributed by atoms with Crippen molar-refractivity contribution < 1.29 is 9.53 Å². The fourth-order valence-electron chi connectivity index (χ4n) is 6.27. The Morgan fingerprint density at radius 2 is 1.04 bits per heavy atom. The predicted octanol–water partition coefficient (Wildman–Crippen LogP) is 10.1. The molecule has 49 heavy (non-hydrogen) atoms. The van der Waals surface area contributed by atoms with Gasteiger partial charge in [-0.25, -0.2) is 4.79 Å². The SMILES string of the molecule is O=C(OCc1ccccc1)n1nc2c3cc(C=C4C(=S)c5ccccc5C4=S)sc3c3sc(C=C4C(=S)c5ccccc5C4=S)cc3c2n1. The van der Waals surface area contributed by atoms with Crippen LogP contribution >= 0.6 is 71.5 Å². The van der Waals surface area contributed by atoms with Crippen molar-refractivity contribution in [2.24, 2.45) is 0 Å². The van der Waals surface area contributed by atoms with Gasteiger partial charge in [0.15, 0.2) is 0 Å². The number of rotatable bonds is 4. The number of fused-ring (bicyclic) bond motifs is 8. The van der Waals surface area contributed by atoms with Crippen LogP contribution in [0.5, 0.6) is 0 Å². The highest BCUT2D eigenvalue weighted by Crippen LogP contribution is 2.44. The molecule has 0 bridgehead atoms. The van der Waals surface area contributed by atoms with Crippen LogP contribution in [0.1, 0.15) is 37.6 Å². The van der Waals surface area contributed by atoms with E-state index in [1.54, 1.807) is 22.7 Å². The molecule has 0 aliphatic heterocycles. The van der Waals surface area contributed by atoms with Gasteiger partial charge in [0.1, 0.15) is 17.6 Å². The minimum Gasteiger partial charge on any atom is -0.442 e. The lowest BCUT2D eigenvalue weighted by atomic mass is 10.1. The van der Waals surface area contributed by atoms with E-state index in [1.807, 2.05) is 78.9 Å². The van der Waals surface area contributed by atoms with Crippen LogP contribution in [0.25, 0.3) is 43.4 Å². The average Bonchev–Trinajstić information content (AvgIpc) is 3.94. The molecule has 0 radical (unpaired) electrons. The lowest BCUT2D eigenvalue weighted by Crippen LogP contribution is -2.16. The molecule has 0 saturated heterocycles. The molecule has 7 aromatic rings. The minimum absolute atomic E-state index is 0.110. The molecule has 2 aliphatic carbocycles. The Hall–Kier alpha value is -4.49. The highest BCUT2D eigenvalue weighted by Gasteiger charge is 2.28. The number of nitrogens with zero attached hydrogens (tertiary/aromatic N) is 3. The van der Waals surface area contributed by atoms with E-state index >= 15 is 0 Å². The molecule has 3 aromatic heterocycles. The van der Waals surface area contributed by atoms with E-state index in [2.05, 4.69) is 34.5 Å². The number of allylic oxidation sites excluding steroid dienone is 2. The summed E-state index contributed by atoms with van der Waals surface area (Å²) in [6, 6.07) is 29.6. The van der Waals surface area contributed by atoms with Gasteiger partial charge < -0.3 is 4.74 Å². The van der Waals surface area contributed by atoms with Crippen molar-refractivity contribution >= 4 is 140 Å². The van der Waals surface area contributed by atoms with Crippen LogP contribution in [0, 0.1) is 0 Å². The molecule has 0 unspecified atom stereocenters.